The lowest BCUT2D eigenvalue weighted by Crippen LogP contribution is -2.12. The average Bonchev–Trinajstić information content (AvgIpc) is 2.42. The molecule has 2 rings (SSSR count). The summed E-state index contributed by atoms with van der Waals surface area (Å²) in [4.78, 5) is 12.2. The first-order valence-electron chi connectivity index (χ1n) is 5.92. The SMILES string of the molecule is COc1ccc(C)cc1NC(=O)c1ccc(Br)c(Cl)c1. The van der Waals surface area contributed by atoms with Gasteiger partial charge in [-0.05, 0) is 58.7 Å². The minimum absolute atomic E-state index is 0.233. The number of nitrogens with one attached hydrogen (secondary N) is 1. The number of benzene rings is 2. The summed E-state index contributed by atoms with van der Waals surface area (Å²) in [5.41, 5.74) is 2.16. The van der Waals surface area contributed by atoms with Crippen LogP contribution in [-0.4, -0.2) is 13.0 Å². The van der Waals surface area contributed by atoms with E-state index in [0.29, 0.717) is 22.0 Å². The third kappa shape index (κ3) is 3.32. The van der Waals surface area contributed by atoms with E-state index in [2.05, 4.69) is 21.2 Å². The normalized spacial score (nSPS) is 10.2. The lowest BCUT2D eigenvalue weighted by atomic mass is 10.1. The quantitative estimate of drug-likeness (QED) is 0.869. The standard InChI is InChI=1S/C15H13BrClNO2/c1-9-3-6-14(20-2)13(7-9)18-15(19)10-4-5-11(16)12(17)8-10/h3-8H,1-2H3,(H,18,19). The van der Waals surface area contributed by atoms with E-state index in [4.69, 9.17) is 16.3 Å². The van der Waals surface area contributed by atoms with Crippen molar-refractivity contribution in [3.05, 3.63) is 57.0 Å². The zero-order valence-electron chi connectivity index (χ0n) is 11.0. The van der Waals surface area contributed by atoms with Crippen LogP contribution in [-0.2, 0) is 0 Å². The van der Waals surface area contributed by atoms with E-state index in [-0.39, 0.29) is 5.91 Å². The highest BCUT2D eigenvalue weighted by Gasteiger charge is 2.11. The minimum atomic E-state index is -0.233. The lowest BCUT2D eigenvalue weighted by molar-refractivity contribution is 0.102. The van der Waals surface area contributed by atoms with E-state index in [0.717, 1.165) is 10.0 Å². The van der Waals surface area contributed by atoms with Crippen molar-refractivity contribution >= 4 is 39.1 Å². The Morgan fingerprint density at radius 1 is 1.25 bits per heavy atom. The summed E-state index contributed by atoms with van der Waals surface area (Å²) in [6, 6.07) is 10.7. The van der Waals surface area contributed by atoms with Gasteiger partial charge in [0.1, 0.15) is 5.75 Å². The molecule has 0 spiro atoms. The van der Waals surface area contributed by atoms with Crippen molar-refractivity contribution in [3.8, 4) is 5.75 Å². The maximum Gasteiger partial charge on any atom is 0.255 e. The maximum absolute atomic E-state index is 12.2. The predicted molar refractivity (Wildman–Crippen MR) is 84.8 cm³/mol. The molecule has 1 N–H and O–H groups in total. The molecule has 0 saturated heterocycles. The molecule has 0 aliphatic heterocycles. The molecule has 104 valence electrons. The van der Waals surface area contributed by atoms with E-state index >= 15 is 0 Å². The van der Waals surface area contributed by atoms with Crippen molar-refractivity contribution in [2.75, 3.05) is 12.4 Å². The molecule has 0 aromatic heterocycles. The van der Waals surface area contributed by atoms with E-state index in [1.165, 1.54) is 0 Å². The molecule has 3 nitrogen and oxygen atoms in total. The Bertz CT molecular complexity index is 658. The van der Waals surface area contributed by atoms with Crippen LogP contribution in [0, 0.1) is 6.92 Å². The molecule has 5 heteroatoms. The van der Waals surface area contributed by atoms with Gasteiger partial charge in [0, 0.05) is 10.0 Å². The van der Waals surface area contributed by atoms with Gasteiger partial charge in [-0.15, -0.1) is 0 Å². The van der Waals surface area contributed by atoms with Gasteiger partial charge in [-0.1, -0.05) is 17.7 Å². The van der Waals surface area contributed by atoms with Gasteiger partial charge < -0.3 is 10.1 Å². The second-order valence-electron chi connectivity index (χ2n) is 4.29. The van der Waals surface area contributed by atoms with Crippen molar-refractivity contribution in [3.63, 3.8) is 0 Å². The van der Waals surface area contributed by atoms with Gasteiger partial charge in [0.25, 0.3) is 5.91 Å². The molecule has 0 heterocycles. The largest absolute Gasteiger partial charge is 0.495 e. The maximum atomic E-state index is 12.2. The smallest absolute Gasteiger partial charge is 0.255 e. The Morgan fingerprint density at radius 2 is 2.00 bits per heavy atom. The van der Waals surface area contributed by atoms with Crippen molar-refractivity contribution in [2.24, 2.45) is 0 Å². The molecule has 1 amide bonds. The number of halogens is 2. The monoisotopic (exact) mass is 353 g/mol. The van der Waals surface area contributed by atoms with Crippen molar-refractivity contribution in [2.45, 2.75) is 6.92 Å². The number of amides is 1. The summed E-state index contributed by atoms with van der Waals surface area (Å²) >= 11 is 9.29. The van der Waals surface area contributed by atoms with Gasteiger partial charge in [-0.3, -0.25) is 4.79 Å². The summed E-state index contributed by atoms with van der Waals surface area (Å²) < 4.78 is 5.99. The van der Waals surface area contributed by atoms with E-state index in [1.54, 1.807) is 25.3 Å². The van der Waals surface area contributed by atoms with Crippen LogP contribution in [0.5, 0.6) is 5.75 Å². The first-order chi connectivity index (χ1) is 9.51. The average molecular weight is 355 g/mol. The summed E-state index contributed by atoms with van der Waals surface area (Å²) in [6.45, 7) is 1.95. The van der Waals surface area contributed by atoms with Crippen LogP contribution in [0.2, 0.25) is 5.02 Å². The summed E-state index contributed by atoms with van der Waals surface area (Å²) in [6.07, 6.45) is 0. The van der Waals surface area contributed by atoms with Crippen LogP contribution < -0.4 is 10.1 Å². The zero-order chi connectivity index (χ0) is 14.7. The van der Waals surface area contributed by atoms with Crippen molar-refractivity contribution in [1.29, 1.82) is 0 Å². The van der Waals surface area contributed by atoms with Gasteiger partial charge >= 0.3 is 0 Å². The fourth-order valence-corrected chi connectivity index (χ4v) is 2.18. The molecule has 0 radical (unpaired) electrons. The number of aryl methyl sites for hydroxylation is 1. The van der Waals surface area contributed by atoms with E-state index in [9.17, 15) is 4.79 Å². The fourth-order valence-electron chi connectivity index (χ4n) is 1.75. The summed E-state index contributed by atoms with van der Waals surface area (Å²) in [5, 5.41) is 3.32. The lowest BCUT2D eigenvalue weighted by Gasteiger charge is -2.11. The molecule has 2 aromatic carbocycles. The summed E-state index contributed by atoms with van der Waals surface area (Å²) in [7, 11) is 1.57. The summed E-state index contributed by atoms with van der Waals surface area (Å²) in [5.74, 6) is 0.385. The number of rotatable bonds is 3. The van der Waals surface area contributed by atoms with E-state index in [1.807, 2.05) is 25.1 Å². The number of methoxy groups -OCH3 is 1. The number of hydrogen-bond donors (Lipinski definition) is 1. The highest BCUT2D eigenvalue weighted by molar-refractivity contribution is 9.10. The van der Waals surface area contributed by atoms with Gasteiger partial charge in [0.05, 0.1) is 17.8 Å². The number of ether oxygens (including phenoxy) is 1. The Balaban J connectivity index is 2.27. The number of hydrogen-bond acceptors (Lipinski definition) is 2. The minimum Gasteiger partial charge on any atom is -0.495 e. The van der Waals surface area contributed by atoms with Crippen LogP contribution in [0.25, 0.3) is 0 Å². The molecule has 0 unspecified atom stereocenters. The Labute approximate surface area is 131 Å². The second kappa shape index (κ2) is 6.29. The molecule has 0 aliphatic rings. The molecule has 0 atom stereocenters. The highest BCUT2D eigenvalue weighted by atomic mass is 79.9. The second-order valence-corrected chi connectivity index (χ2v) is 5.55. The zero-order valence-corrected chi connectivity index (χ0v) is 13.4. The molecular formula is C15H13BrClNO2. The van der Waals surface area contributed by atoms with Crippen LogP contribution in [0.1, 0.15) is 15.9 Å². The molecule has 20 heavy (non-hydrogen) atoms. The van der Waals surface area contributed by atoms with Gasteiger partial charge in [0.2, 0.25) is 0 Å². The first kappa shape index (κ1) is 14.9. The number of anilines is 1. The van der Waals surface area contributed by atoms with Gasteiger partial charge in [0.15, 0.2) is 0 Å². The third-order valence-electron chi connectivity index (χ3n) is 2.78. The molecular weight excluding hydrogens is 342 g/mol. The molecule has 0 fully saturated rings. The number of carbonyl (C=O) groups is 1. The fraction of sp³-hybridized carbons (Fsp3) is 0.133. The van der Waals surface area contributed by atoms with Crippen LogP contribution in [0.4, 0.5) is 5.69 Å². The third-order valence-corrected chi connectivity index (χ3v) is 4.02. The molecule has 0 aliphatic carbocycles. The van der Waals surface area contributed by atoms with Gasteiger partial charge in [-0.2, -0.15) is 0 Å². The van der Waals surface area contributed by atoms with Crippen LogP contribution >= 0.6 is 27.5 Å². The Kier molecular flexibility index (Phi) is 4.68. The van der Waals surface area contributed by atoms with Crippen LogP contribution in [0.3, 0.4) is 0 Å². The number of carbonyl (C=O) groups excluding carboxylic acids is 1. The molecule has 0 saturated carbocycles. The Morgan fingerprint density at radius 3 is 2.65 bits per heavy atom. The molecule has 2 aromatic rings. The van der Waals surface area contributed by atoms with Gasteiger partial charge in [-0.25, -0.2) is 0 Å². The Hall–Kier alpha value is -1.52. The topological polar surface area (TPSA) is 38.3 Å². The highest BCUT2D eigenvalue weighted by Crippen LogP contribution is 2.27. The van der Waals surface area contributed by atoms with Crippen molar-refractivity contribution in [1.82, 2.24) is 0 Å². The predicted octanol–water partition coefficient (Wildman–Crippen LogP) is 4.67. The first-order valence-corrected chi connectivity index (χ1v) is 7.09. The van der Waals surface area contributed by atoms with Crippen LogP contribution in [0.15, 0.2) is 40.9 Å². The molecule has 0 bridgehead atoms. The van der Waals surface area contributed by atoms with Crippen molar-refractivity contribution < 1.29 is 9.53 Å². The van der Waals surface area contributed by atoms with E-state index < -0.39 is 0 Å².